The second-order valence-electron chi connectivity index (χ2n) is 3.71. The Bertz CT molecular complexity index is 395. The highest BCUT2D eigenvalue weighted by atomic mass is 35.5. The van der Waals surface area contributed by atoms with Gasteiger partial charge in [-0.05, 0) is 19.1 Å². The molecular weight excluding hydrogens is 242 g/mol. The average molecular weight is 258 g/mol. The van der Waals surface area contributed by atoms with E-state index in [1.165, 1.54) is 0 Å². The molecule has 1 unspecified atom stereocenters. The zero-order valence-corrected chi connectivity index (χ0v) is 10.6. The van der Waals surface area contributed by atoms with Gasteiger partial charge in [-0.25, -0.2) is 0 Å². The molecule has 1 rings (SSSR count). The minimum atomic E-state index is -0.262. The van der Waals surface area contributed by atoms with Crippen LogP contribution in [0.15, 0.2) is 18.2 Å². The first-order chi connectivity index (χ1) is 8.06. The molecular formula is C12H16ClNO3. The fourth-order valence-corrected chi connectivity index (χ4v) is 1.61. The number of hydrogen-bond acceptors (Lipinski definition) is 3. The molecule has 0 radical (unpaired) electrons. The maximum Gasteiger partial charge on any atom is 0.251 e. The van der Waals surface area contributed by atoms with Gasteiger partial charge in [0, 0.05) is 24.8 Å². The predicted molar refractivity (Wildman–Crippen MR) is 66.7 cm³/mol. The van der Waals surface area contributed by atoms with Crippen LogP contribution in [0.4, 0.5) is 0 Å². The Balaban J connectivity index is 2.61. The molecule has 17 heavy (non-hydrogen) atoms. The van der Waals surface area contributed by atoms with Gasteiger partial charge in [0.05, 0.1) is 12.0 Å². The molecule has 2 N–H and O–H groups in total. The molecule has 0 fully saturated rings. The van der Waals surface area contributed by atoms with Crippen molar-refractivity contribution in [3.05, 3.63) is 29.3 Å². The third kappa shape index (κ3) is 3.91. The summed E-state index contributed by atoms with van der Waals surface area (Å²) in [7, 11) is 1.55. The number of benzene rings is 1. The summed E-state index contributed by atoms with van der Waals surface area (Å²) in [5.74, 6) is -0.142. The number of phenols is 1. The van der Waals surface area contributed by atoms with Gasteiger partial charge < -0.3 is 15.2 Å². The van der Waals surface area contributed by atoms with Crippen LogP contribution in [0.25, 0.3) is 0 Å². The standard InChI is InChI=1S/C12H16ClNO3/c1-8-10(4-3-5-11(8)15)12(16)14-6-9(13)7-17-2/h3-5,9,15H,6-7H2,1-2H3,(H,14,16). The Morgan fingerprint density at radius 2 is 2.29 bits per heavy atom. The Hall–Kier alpha value is -1.26. The zero-order valence-electron chi connectivity index (χ0n) is 9.87. The average Bonchev–Trinajstić information content (AvgIpc) is 2.30. The van der Waals surface area contributed by atoms with Crippen LogP contribution in [0, 0.1) is 6.92 Å². The number of methoxy groups -OCH3 is 1. The quantitative estimate of drug-likeness (QED) is 0.789. The van der Waals surface area contributed by atoms with Crippen LogP contribution in [-0.2, 0) is 4.74 Å². The summed E-state index contributed by atoms with van der Waals surface area (Å²) in [4.78, 5) is 11.8. The van der Waals surface area contributed by atoms with Crippen LogP contribution in [0.5, 0.6) is 5.75 Å². The van der Waals surface area contributed by atoms with Gasteiger partial charge in [-0.2, -0.15) is 0 Å². The first kappa shape index (κ1) is 13.8. The topological polar surface area (TPSA) is 58.6 Å². The second kappa shape index (κ2) is 6.47. The number of phenolic OH excluding ortho intramolecular Hbond substituents is 1. The van der Waals surface area contributed by atoms with E-state index in [1.54, 1.807) is 32.2 Å². The number of aromatic hydroxyl groups is 1. The molecule has 5 heteroatoms. The Labute approximate surface area is 106 Å². The van der Waals surface area contributed by atoms with Crippen molar-refractivity contribution in [3.8, 4) is 5.75 Å². The smallest absolute Gasteiger partial charge is 0.251 e. The maximum absolute atomic E-state index is 11.8. The molecule has 0 heterocycles. The number of halogens is 1. The van der Waals surface area contributed by atoms with Crippen molar-refractivity contribution in [1.82, 2.24) is 5.32 Å². The number of rotatable bonds is 5. The van der Waals surface area contributed by atoms with E-state index >= 15 is 0 Å². The SMILES string of the molecule is COCC(Cl)CNC(=O)c1cccc(O)c1C. The van der Waals surface area contributed by atoms with Gasteiger partial charge in [-0.15, -0.1) is 11.6 Å². The van der Waals surface area contributed by atoms with Crippen LogP contribution in [0.3, 0.4) is 0 Å². The highest BCUT2D eigenvalue weighted by Crippen LogP contribution is 2.19. The maximum atomic E-state index is 11.8. The van der Waals surface area contributed by atoms with Crippen LogP contribution in [0.1, 0.15) is 15.9 Å². The van der Waals surface area contributed by atoms with E-state index < -0.39 is 0 Å². The molecule has 94 valence electrons. The third-order valence-corrected chi connectivity index (χ3v) is 2.66. The van der Waals surface area contributed by atoms with Crippen molar-refractivity contribution in [1.29, 1.82) is 0 Å². The predicted octanol–water partition coefficient (Wildman–Crippen LogP) is 1.68. The monoisotopic (exact) mass is 257 g/mol. The van der Waals surface area contributed by atoms with E-state index in [-0.39, 0.29) is 17.0 Å². The number of hydrogen-bond donors (Lipinski definition) is 2. The molecule has 0 bridgehead atoms. The Morgan fingerprint density at radius 3 is 2.94 bits per heavy atom. The van der Waals surface area contributed by atoms with Gasteiger partial charge in [0.2, 0.25) is 0 Å². The minimum Gasteiger partial charge on any atom is -0.508 e. The van der Waals surface area contributed by atoms with Crippen molar-refractivity contribution >= 4 is 17.5 Å². The lowest BCUT2D eigenvalue weighted by molar-refractivity contribution is 0.0948. The molecule has 0 spiro atoms. The summed E-state index contributed by atoms with van der Waals surface area (Å²) in [6, 6.07) is 4.83. The second-order valence-corrected chi connectivity index (χ2v) is 4.33. The number of carbonyl (C=O) groups is 1. The summed E-state index contributed by atoms with van der Waals surface area (Å²) in [5, 5.41) is 11.9. The van der Waals surface area contributed by atoms with E-state index in [0.717, 1.165) is 0 Å². The van der Waals surface area contributed by atoms with Gasteiger partial charge >= 0.3 is 0 Å². The highest BCUT2D eigenvalue weighted by molar-refractivity contribution is 6.21. The van der Waals surface area contributed by atoms with E-state index in [4.69, 9.17) is 16.3 Å². The first-order valence-corrected chi connectivity index (χ1v) is 5.69. The summed E-state index contributed by atoms with van der Waals surface area (Å²) in [5.41, 5.74) is 1.01. The third-order valence-electron chi connectivity index (χ3n) is 2.38. The lowest BCUT2D eigenvalue weighted by Gasteiger charge is -2.11. The van der Waals surface area contributed by atoms with Crippen LogP contribution in [-0.4, -0.2) is 36.7 Å². The molecule has 0 saturated heterocycles. The van der Waals surface area contributed by atoms with E-state index in [2.05, 4.69) is 5.32 Å². The van der Waals surface area contributed by atoms with Crippen molar-refractivity contribution < 1.29 is 14.6 Å². The summed E-state index contributed by atoms with van der Waals surface area (Å²) < 4.78 is 4.86. The van der Waals surface area contributed by atoms with E-state index in [0.29, 0.717) is 24.3 Å². The fraction of sp³-hybridized carbons (Fsp3) is 0.417. The number of nitrogens with one attached hydrogen (secondary N) is 1. The largest absolute Gasteiger partial charge is 0.508 e. The van der Waals surface area contributed by atoms with Gasteiger partial charge in [0.25, 0.3) is 5.91 Å². The molecule has 1 amide bonds. The molecule has 1 atom stereocenters. The van der Waals surface area contributed by atoms with Crippen LogP contribution < -0.4 is 5.32 Å². The molecule has 1 aromatic rings. The summed E-state index contributed by atoms with van der Waals surface area (Å²) in [6.07, 6.45) is 0. The van der Waals surface area contributed by atoms with Crippen molar-refractivity contribution in [3.63, 3.8) is 0 Å². The van der Waals surface area contributed by atoms with Gasteiger partial charge in [0.1, 0.15) is 5.75 Å². The lowest BCUT2D eigenvalue weighted by Crippen LogP contribution is -2.32. The van der Waals surface area contributed by atoms with Gasteiger partial charge in [0.15, 0.2) is 0 Å². The Kier molecular flexibility index (Phi) is 5.25. The lowest BCUT2D eigenvalue weighted by atomic mass is 10.1. The molecule has 0 aromatic heterocycles. The van der Waals surface area contributed by atoms with Crippen molar-refractivity contribution in [2.75, 3.05) is 20.3 Å². The van der Waals surface area contributed by atoms with Crippen LogP contribution >= 0.6 is 11.6 Å². The number of ether oxygens (including phenoxy) is 1. The molecule has 1 aromatic carbocycles. The number of carbonyl (C=O) groups excluding carboxylic acids is 1. The first-order valence-electron chi connectivity index (χ1n) is 5.26. The minimum absolute atomic E-state index is 0.108. The zero-order chi connectivity index (χ0) is 12.8. The Morgan fingerprint density at radius 1 is 1.59 bits per heavy atom. The molecule has 0 aliphatic carbocycles. The molecule has 0 aliphatic heterocycles. The van der Waals surface area contributed by atoms with Crippen molar-refractivity contribution in [2.45, 2.75) is 12.3 Å². The molecule has 0 saturated carbocycles. The number of amides is 1. The van der Waals surface area contributed by atoms with Gasteiger partial charge in [-0.1, -0.05) is 6.07 Å². The molecule has 4 nitrogen and oxygen atoms in total. The van der Waals surface area contributed by atoms with Gasteiger partial charge in [-0.3, -0.25) is 4.79 Å². The van der Waals surface area contributed by atoms with E-state index in [9.17, 15) is 9.90 Å². The van der Waals surface area contributed by atoms with Crippen LogP contribution in [0.2, 0.25) is 0 Å². The molecule has 0 aliphatic rings. The normalized spacial score (nSPS) is 12.2. The highest BCUT2D eigenvalue weighted by Gasteiger charge is 2.12. The summed E-state index contributed by atoms with van der Waals surface area (Å²) >= 11 is 5.89. The summed E-state index contributed by atoms with van der Waals surface area (Å²) in [6.45, 7) is 2.39. The number of alkyl halides is 1. The van der Waals surface area contributed by atoms with E-state index in [1.807, 2.05) is 0 Å². The van der Waals surface area contributed by atoms with Crippen molar-refractivity contribution in [2.24, 2.45) is 0 Å². The fourth-order valence-electron chi connectivity index (χ4n) is 1.41.